The second-order valence-corrected chi connectivity index (χ2v) is 7.17. The Kier molecular flexibility index (Phi) is 3.64. The molecular weight excluding hydrogens is 280 g/mol. The van der Waals surface area contributed by atoms with Gasteiger partial charge in [-0.1, -0.05) is 12.1 Å². The summed E-state index contributed by atoms with van der Waals surface area (Å²) in [5.74, 6) is 1.43. The van der Waals surface area contributed by atoms with Crippen LogP contribution in [0.1, 0.15) is 74.4 Å². The molecule has 3 fully saturated rings. The van der Waals surface area contributed by atoms with Crippen molar-refractivity contribution in [3.63, 3.8) is 0 Å². The third kappa shape index (κ3) is 2.76. The van der Waals surface area contributed by atoms with Crippen LogP contribution in [0.2, 0.25) is 0 Å². The Morgan fingerprint density at radius 1 is 1.27 bits per heavy atom. The van der Waals surface area contributed by atoms with Crippen molar-refractivity contribution in [3.8, 4) is 0 Å². The van der Waals surface area contributed by atoms with Gasteiger partial charge in [-0.15, -0.1) is 0 Å². The van der Waals surface area contributed by atoms with E-state index in [1.54, 1.807) is 0 Å². The number of aromatic nitrogens is 2. The van der Waals surface area contributed by atoms with Crippen molar-refractivity contribution in [2.75, 3.05) is 6.54 Å². The molecular formula is C16H24N4O2. The molecule has 2 aliphatic carbocycles. The predicted molar refractivity (Wildman–Crippen MR) is 80.3 cm³/mol. The van der Waals surface area contributed by atoms with E-state index < -0.39 is 0 Å². The van der Waals surface area contributed by atoms with Crippen molar-refractivity contribution in [2.45, 2.75) is 70.0 Å². The van der Waals surface area contributed by atoms with Crippen LogP contribution in [0.15, 0.2) is 4.52 Å². The van der Waals surface area contributed by atoms with E-state index in [1.165, 1.54) is 25.7 Å². The summed E-state index contributed by atoms with van der Waals surface area (Å²) in [4.78, 5) is 18.9. The summed E-state index contributed by atoms with van der Waals surface area (Å²) in [5.41, 5.74) is 0. The zero-order chi connectivity index (χ0) is 15.1. The molecule has 0 aromatic carbocycles. The first-order valence-electron chi connectivity index (χ1n) is 8.61. The molecule has 120 valence electrons. The summed E-state index contributed by atoms with van der Waals surface area (Å²) in [5, 5.41) is 6.80. The number of amides is 1. The summed E-state index contributed by atoms with van der Waals surface area (Å²) in [7, 11) is 0. The number of hydrogen-bond donors (Lipinski definition) is 1. The van der Waals surface area contributed by atoms with Gasteiger partial charge in [0.1, 0.15) is 0 Å². The fourth-order valence-electron chi connectivity index (χ4n) is 3.91. The molecule has 0 radical (unpaired) electrons. The van der Waals surface area contributed by atoms with Crippen LogP contribution in [0.4, 0.5) is 0 Å². The van der Waals surface area contributed by atoms with Gasteiger partial charge in [0.25, 0.3) is 11.7 Å². The topological polar surface area (TPSA) is 71.3 Å². The average molecular weight is 304 g/mol. The molecule has 4 rings (SSSR count). The maximum absolute atomic E-state index is 12.0. The van der Waals surface area contributed by atoms with Crippen molar-refractivity contribution in [3.05, 3.63) is 11.7 Å². The lowest BCUT2D eigenvalue weighted by atomic mass is 10.1. The minimum Gasteiger partial charge on any atom is -0.346 e. The van der Waals surface area contributed by atoms with Crippen LogP contribution in [0, 0.1) is 5.92 Å². The zero-order valence-corrected chi connectivity index (χ0v) is 13.1. The normalized spacial score (nSPS) is 32.5. The Morgan fingerprint density at radius 2 is 2.14 bits per heavy atom. The van der Waals surface area contributed by atoms with E-state index in [2.05, 4.69) is 27.3 Å². The highest BCUT2D eigenvalue weighted by Gasteiger charge is 2.38. The maximum atomic E-state index is 12.0. The smallest absolute Gasteiger partial charge is 0.292 e. The fraction of sp³-hybridized carbons (Fsp3) is 0.812. The Labute approximate surface area is 130 Å². The summed E-state index contributed by atoms with van der Waals surface area (Å²) in [6.07, 6.45) is 8.19. The van der Waals surface area contributed by atoms with E-state index in [9.17, 15) is 4.79 Å². The Hall–Kier alpha value is -1.43. The van der Waals surface area contributed by atoms with E-state index >= 15 is 0 Å². The number of rotatable bonds is 4. The number of nitrogens with zero attached hydrogens (tertiary/aromatic N) is 3. The molecule has 22 heavy (non-hydrogen) atoms. The van der Waals surface area contributed by atoms with E-state index in [4.69, 9.17) is 4.52 Å². The van der Waals surface area contributed by atoms with E-state index in [1.807, 2.05) is 0 Å². The number of hydrogen-bond acceptors (Lipinski definition) is 5. The summed E-state index contributed by atoms with van der Waals surface area (Å²) in [6, 6.07) is 1.15. The third-order valence-electron chi connectivity index (χ3n) is 5.27. The first kappa shape index (κ1) is 14.2. The van der Waals surface area contributed by atoms with E-state index in [-0.39, 0.29) is 17.8 Å². The van der Waals surface area contributed by atoms with Crippen molar-refractivity contribution in [1.82, 2.24) is 20.4 Å². The third-order valence-corrected chi connectivity index (χ3v) is 5.27. The first-order chi connectivity index (χ1) is 10.7. The monoisotopic (exact) mass is 304 g/mol. The van der Waals surface area contributed by atoms with Gasteiger partial charge in [0, 0.05) is 12.1 Å². The molecule has 2 saturated carbocycles. The molecule has 1 N–H and O–H groups in total. The lowest BCUT2D eigenvalue weighted by Gasteiger charge is -2.28. The van der Waals surface area contributed by atoms with Crippen molar-refractivity contribution in [1.29, 1.82) is 0 Å². The summed E-state index contributed by atoms with van der Waals surface area (Å²) < 4.78 is 5.42. The van der Waals surface area contributed by atoms with Crippen LogP contribution in [0.3, 0.4) is 0 Å². The van der Waals surface area contributed by atoms with Gasteiger partial charge in [0.2, 0.25) is 5.89 Å². The number of carbonyl (C=O) groups is 1. The maximum Gasteiger partial charge on any atom is 0.292 e. The van der Waals surface area contributed by atoms with Crippen molar-refractivity contribution < 1.29 is 9.32 Å². The summed E-state index contributed by atoms with van der Waals surface area (Å²) >= 11 is 0. The molecule has 6 nitrogen and oxygen atoms in total. The van der Waals surface area contributed by atoms with Crippen LogP contribution in [0.25, 0.3) is 0 Å². The SMILES string of the molecule is C[C@@H]1CC[C@@H](N2CCC[C@@H]2c2nc(C(=O)NC3CC3)no2)C1. The molecule has 6 heteroatoms. The van der Waals surface area contributed by atoms with Gasteiger partial charge in [-0.05, 0) is 57.4 Å². The quantitative estimate of drug-likeness (QED) is 0.924. The molecule has 2 heterocycles. The number of likely N-dealkylation sites (tertiary alicyclic amines) is 1. The average Bonchev–Trinajstić information content (AvgIpc) is 2.96. The fourth-order valence-corrected chi connectivity index (χ4v) is 3.91. The van der Waals surface area contributed by atoms with Gasteiger partial charge in [0.05, 0.1) is 6.04 Å². The molecule has 0 spiro atoms. The molecule has 0 bridgehead atoms. The molecule has 1 aromatic heterocycles. The lowest BCUT2D eigenvalue weighted by Crippen LogP contribution is -2.33. The van der Waals surface area contributed by atoms with E-state index in [0.717, 1.165) is 31.7 Å². The molecule has 0 unspecified atom stereocenters. The molecule has 1 saturated heterocycles. The number of nitrogens with one attached hydrogen (secondary N) is 1. The van der Waals surface area contributed by atoms with Crippen LogP contribution in [-0.2, 0) is 0 Å². The molecule has 1 aliphatic heterocycles. The highest BCUT2D eigenvalue weighted by Crippen LogP contribution is 2.39. The second kappa shape index (κ2) is 5.65. The first-order valence-corrected chi connectivity index (χ1v) is 8.61. The van der Waals surface area contributed by atoms with Crippen LogP contribution in [0.5, 0.6) is 0 Å². The van der Waals surface area contributed by atoms with E-state index in [0.29, 0.717) is 18.0 Å². The lowest BCUT2D eigenvalue weighted by molar-refractivity contribution is 0.0937. The Bertz CT molecular complexity index is 554. The van der Waals surface area contributed by atoms with Crippen molar-refractivity contribution in [2.24, 2.45) is 5.92 Å². The molecule has 1 aromatic rings. The van der Waals surface area contributed by atoms with Crippen molar-refractivity contribution >= 4 is 5.91 Å². The van der Waals surface area contributed by atoms with Crippen LogP contribution in [-0.4, -0.2) is 39.6 Å². The van der Waals surface area contributed by atoms with Gasteiger partial charge in [-0.2, -0.15) is 4.98 Å². The Balaban J connectivity index is 1.46. The summed E-state index contributed by atoms with van der Waals surface area (Å²) in [6.45, 7) is 3.44. The minimum absolute atomic E-state index is 0.188. The number of carbonyl (C=O) groups excluding carboxylic acids is 1. The van der Waals surface area contributed by atoms with Gasteiger partial charge in [0.15, 0.2) is 0 Å². The standard InChI is InChI=1S/C16H24N4O2/c1-10-4-7-12(9-10)20-8-2-3-13(20)16-18-14(19-22-16)15(21)17-11-5-6-11/h10-13H,2-9H2,1H3,(H,17,21)/t10-,12-,13-/m1/s1. The van der Waals surface area contributed by atoms with Gasteiger partial charge < -0.3 is 9.84 Å². The van der Waals surface area contributed by atoms with Gasteiger partial charge >= 0.3 is 0 Å². The van der Waals surface area contributed by atoms with Gasteiger partial charge in [-0.3, -0.25) is 9.69 Å². The van der Waals surface area contributed by atoms with Crippen LogP contribution >= 0.6 is 0 Å². The molecule has 3 atom stereocenters. The Morgan fingerprint density at radius 3 is 2.86 bits per heavy atom. The zero-order valence-electron chi connectivity index (χ0n) is 13.1. The highest BCUT2D eigenvalue weighted by molar-refractivity contribution is 5.90. The largest absolute Gasteiger partial charge is 0.346 e. The molecule has 3 aliphatic rings. The van der Waals surface area contributed by atoms with Gasteiger partial charge in [-0.25, -0.2) is 0 Å². The molecule has 1 amide bonds. The predicted octanol–water partition coefficient (Wildman–Crippen LogP) is 2.29. The van der Waals surface area contributed by atoms with Crippen LogP contribution < -0.4 is 5.32 Å². The highest BCUT2D eigenvalue weighted by atomic mass is 16.5. The minimum atomic E-state index is -0.198. The second-order valence-electron chi connectivity index (χ2n) is 7.17.